The molecule has 7 heteroatoms. The van der Waals surface area contributed by atoms with Crippen molar-refractivity contribution in [3.63, 3.8) is 0 Å². The number of likely N-dealkylation sites (tertiary alicyclic amines) is 1. The number of nitrogens with zero attached hydrogens (tertiary/aromatic N) is 4. The number of hydrogen-bond donors (Lipinski definition) is 1. The van der Waals surface area contributed by atoms with E-state index in [1.165, 1.54) is 11.6 Å². The summed E-state index contributed by atoms with van der Waals surface area (Å²) >= 11 is 0. The molecule has 2 aromatic heterocycles. The van der Waals surface area contributed by atoms with E-state index in [0.29, 0.717) is 0 Å². The molecule has 1 amide bonds. The van der Waals surface area contributed by atoms with Crippen LogP contribution in [0.5, 0.6) is 0 Å². The minimum Gasteiger partial charge on any atom is -0.323 e. The van der Waals surface area contributed by atoms with Crippen molar-refractivity contribution in [3.8, 4) is 0 Å². The van der Waals surface area contributed by atoms with E-state index >= 15 is 0 Å². The summed E-state index contributed by atoms with van der Waals surface area (Å²) in [5.74, 6) is 0.375. The first-order chi connectivity index (χ1) is 15.5. The van der Waals surface area contributed by atoms with Crippen LogP contribution in [0.3, 0.4) is 0 Å². The molecular formula is C25H28FN5O. The van der Waals surface area contributed by atoms with Gasteiger partial charge < -0.3 is 5.32 Å². The van der Waals surface area contributed by atoms with E-state index < -0.39 is 5.82 Å². The molecular weight excluding hydrogens is 405 g/mol. The normalized spacial score (nSPS) is 16.7. The summed E-state index contributed by atoms with van der Waals surface area (Å²) in [5, 5.41) is 2.64. The van der Waals surface area contributed by atoms with Crippen LogP contribution in [0.15, 0.2) is 48.8 Å². The number of pyridine rings is 1. The van der Waals surface area contributed by atoms with Crippen LogP contribution in [0, 0.1) is 19.7 Å². The predicted octanol–water partition coefficient (Wildman–Crippen LogP) is 4.19. The van der Waals surface area contributed by atoms with Crippen molar-refractivity contribution in [1.82, 2.24) is 19.9 Å². The van der Waals surface area contributed by atoms with E-state index in [4.69, 9.17) is 9.97 Å². The number of carbonyl (C=O) groups is 1. The second-order valence-electron chi connectivity index (χ2n) is 8.37. The number of piperidine rings is 1. The molecule has 0 spiro atoms. The number of amides is 1. The van der Waals surface area contributed by atoms with E-state index in [0.717, 1.165) is 55.3 Å². The molecule has 3 aromatic rings. The maximum atomic E-state index is 13.8. The molecule has 1 fully saturated rings. The number of rotatable bonds is 6. The van der Waals surface area contributed by atoms with Gasteiger partial charge in [0.05, 0.1) is 12.1 Å². The Morgan fingerprint density at radius 2 is 1.94 bits per heavy atom. The van der Waals surface area contributed by atoms with Crippen LogP contribution in [0.2, 0.25) is 0 Å². The molecule has 0 bridgehead atoms. The molecule has 1 saturated heterocycles. The molecule has 1 aromatic carbocycles. The highest BCUT2D eigenvalue weighted by Crippen LogP contribution is 2.27. The summed E-state index contributed by atoms with van der Waals surface area (Å²) in [6.45, 7) is 6.66. The third-order valence-corrected chi connectivity index (χ3v) is 5.92. The number of nitrogens with one attached hydrogen (secondary N) is 1. The van der Waals surface area contributed by atoms with E-state index in [1.54, 1.807) is 24.4 Å². The summed E-state index contributed by atoms with van der Waals surface area (Å²) in [6.07, 6.45) is 5.97. The second kappa shape index (κ2) is 9.96. The second-order valence-corrected chi connectivity index (χ2v) is 8.37. The van der Waals surface area contributed by atoms with Crippen LogP contribution in [0.1, 0.15) is 47.1 Å². The predicted molar refractivity (Wildman–Crippen MR) is 122 cm³/mol. The van der Waals surface area contributed by atoms with Crippen molar-refractivity contribution in [3.05, 3.63) is 82.9 Å². The van der Waals surface area contributed by atoms with Crippen LogP contribution in [-0.4, -0.2) is 38.8 Å². The lowest BCUT2D eigenvalue weighted by Crippen LogP contribution is -2.34. The van der Waals surface area contributed by atoms with Gasteiger partial charge in [-0.1, -0.05) is 18.2 Å². The molecule has 0 unspecified atom stereocenters. The quantitative estimate of drug-likeness (QED) is 0.631. The van der Waals surface area contributed by atoms with Crippen LogP contribution in [0.4, 0.5) is 10.1 Å². The van der Waals surface area contributed by atoms with E-state index in [1.807, 2.05) is 26.1 Å². The van der Waals surface area contributed by atoms with E-state index in [9.17, 15) is 9.18 Å². The molecule has 0 aliphatic carbocycles. The number of carbonyl (C=O) groups excluding carboxylic acids is 1. The molecule has 166 valence electrons. The maximum Gasteiger partial charge on any atom is 0.229 e. The number of aromatic nitrogens is 3. The van der Waals surface area contributed by atoms with Gasteiger partial charge in [0.1, 0.15) is 11.6 Å². The number of aryl methyl sites for hydroxylation is 2. The Balaban J connectivity index is 1.44. The monoisotopic (exact) mass is 433 g/mol. The van der Waals surface area contributed by atoms with Crippen molar-refractivity contribution in [1.29, 1.82) is 0 Å². The highest BCUT2D eigenvalue weighted by Gasteiger charge is 2.25. The van der Waals surface area contributed by atoms with Crippen molar-refractivity contribution in [2.75, 3.05) is 18.4 Å². The van der Waals surface area contributed by atoms with Gasteiger partial charge in [-0.05, 0) is 57.0 Å². The fourth-order valence-corrected chi connectivity index (χ4v) is 4.28. The molecule has 1 aliphatic heterocycles. The molecule has 3 heterocycles. The van der Waals surface area contributed by atoms with E-state index in [2.05, 4.69) is 21.3 Å². The van der Waals surface area contributed by atoms with Gasteiger partial charge in [0.2, 0.25) is 5.91 Å². The summed E-state index contributed by atoms with van der Waals surface area (Å²) in [6, 6.07) is 10.2. The fourth-order valence-electron chi connectivity index (χ4n) is 4.28. The topological polar surface area (TPSA) is 71.0 Å². The summed E-state index contributed by atoms with van der Waals surface area (Å²) in [5.41, 5.74) is 3.80. The number of para-hydroxylation sites is 1. The highest BCUT2D eigenvalue weighted by atomic mass is 19.1. The van der Waals surface area contributed by atoms with Gasteiger partial charge in [-0.3, -0.25) is 14.7 Å². The Morgan fingerprint density at radius 1 is 1.16 bits per heavy atom. The Labute approximate surface area is 187 Å². The van der Waals surface area contributed by atoms with Gasteiger partial charge in [-0.25, -0.2) is 14.4 Å². The van der Waals surface area contributed by atoms with Crippen LogP contribution < -0.4 is 5.32 Å². The van der Waals surface area contributed by atoms with Crippen molar-refractivity contribution in [2.45, 2.75) is 45.6 Å². The van der Waals surface area contributed by atoms with Gasteiger partial charge in [0.25, 0.3) is 0 Å². The Bertz CT molecular complexity index is 1070. The summed E-state index contributed by atoms with van der Waals surface area (Å²) < 4.78 is 13.8. The number of benzene rings is 1. The van der Waals surface area contributed by atoms with Gasteiger partial charge in [0, 0.05) is 48.4 Å². The molecule has 1 atom stereocenters. The molecule has 1 aliphatic rings. The van der Waals surface area contributed by atoms with Crippen LogP contribution in [-0.2, 0) is 17.8 Å². The number of hydrogen-bond acceptors (Lipinski definition) is 5. The molecule has 4 rings (SSSR count). The third kappa shape index (κ3) is 5.34. The molecule has 0 radical (unpaired) electrons. The molecule has 6 nitrogen and oxygen atoms in total. The molecule has 1 N–H and O–H groups in total. The third-order valence-electron chi connectivity index (χ3n) is 5.92. The first-order valence-electron chi connectivity index (χ1n) is 11.0. The van der Waals surface area contributed by atoms with Crippen LogP contribution in [0.25, 0.3) is 0 Å². The maximum absolute atomic E-state index is 13.8. The molecule has 32 heavy (non-hydrogen) atoms. The van der Waals surface area contributed by atoms with Crippen LogP contribution >= 0.6 is 0 Å². The minimum atomic E-state index is -0.450. The van der Waals surface area contributed by atoms with Gasteiger partial charge >= 0.3 is 0 Å². The first-order valence-corrected chi connectivity index (χ1v) is 11.0. The first kappa shape index (κ1) is 22.0. The SMILES string of the molecule is Cc1nc([C@@H]2CCCN(Cc3cccnc3)C2)nc(C)c1CC(=O)Nc1ccccc1F. The lowest BCUT2D eigenvalue weighted by molar-refractivity contribution is -0.115. The lowest BCUT2D eigenvalue weighted by atomic mass is 9.96. The highest BCUT2D eigenvalue weighted by molar-refractivity contribution is 5.92. The van der Waals surface area contributed by atoms with Crippen molar-refractivity contribution in [2.24, 2.45) is 0 Å². The summed E-state index contributed by atoms with van der Waals surface area (Å²) in [7, 11) is 0. The minimum absolute atomic E-state index is 0.115. The average molecular weight is 434 g/mol. The van der Waals surface area contributed by atoms with Gasteiger partial charge in [-0.2, -0.15) is 0 Å². The zero-order valence-electron chi connectivity index (χ0n) is 18.5. The smallest absolute Gasteiger partial charge is 0.229 e. The number of halogens is 1. The largest absolute Gasteiger partial charge is 0.323 e. The number of anilines is 1. The standard InChI is InChI=1S/C25H28FN5O/c1-17-21(13-24(32)30-23-10-4-3-9-22(23)26)18(2)29-25(28-17)20-8-6-12-31(16-20)15-19-7-5-11-27-14-19/h3-5,7,9-11,14,20H,6,8,12-13,15-16H2,1-2H3,(H,30,32)/t20-/m1/s1. The lowest BCUT2D eigenvalue weighted by Gasteiger charge is -2.32. The van der Waals surface area contributed by atoms with Crippen molar-refractivity contribution < 1.29 is 9.18 Å². The average Bonchev–Trinajstić information content (AvgIpc) is 2.78. The van der Waals surface area contributed by atoms with E-state index in [-0.39, 0.29) is 23.9 Å². The Morgan fingerprint density at radius 3 is 2.66 bits per heavy atom. The van der Waals surface area contributed by atoms with Crippen molar-refractivity contribution >= 4 is 11.6 Å². The fraction of sp³-hybridized carbons (Fsp3) is 0.360. The zero-order valence-corrected chi connectivity index (χ0v) is 18.5. The molecule has 0 saturated carbocycles. The van der Waals surface area contributed by atoms with Gasteiger partial charge in [0.15, 0.2) is 0 Å². The van der Waals surface area contributed by atoms with Gasteiger partial charge in [-0.15, -0.1) is 0 Å². The Kier molecular flexibility index (Phi) is 6.85. The Hall–Kier alpha value is -3.19. The summed E-state index contributed by atoms with van der Waals surface area (Å²) in [4.78, 5) is 28.7. The zero-order chi connectivity index (χ0) is 22.5.